The van der Waals surface area contributed by atoms with Gasteiger partial charge in [-0.25, -0.2) is 8.42 Å². The van der Waals surface area contributed by atoms with Crippen molar-refractivity contribution in [3.8, 4) is 11.5 Å². The van der Waals surface area contributed by atoms with Crippen LogP contribution in [0.1, 0.15) is 12.8 Å². The van der Waals surface area contributed by atoms with Crippen LogP contribution in [0.15, 0.2) is 53.7 Å². The summed E-state index contributed by atoms with van der Waals surface area (Å²) in [5, 5.41) is 9.83. The number of pyridine rings is 1. The predicted octanol–water partition coefficient (Wildman–Crippen LogP) is 1.71. The maximum atomic E-state index is 12.4. The molecule has 1 aromatic heterocycles. The number of rotatable bonds is 6. The Morgan fingerprint density at radius 1 is 1.19 bits per heavy atom. The zero-order chi connectivity index (χ0) is 19.3. The topological polar surface area (TPSA) is 118 Å². The van der Waals surface area contributed by atoms with Crippen LogP contribution < -0.4 is 9.57 Å². The fourth-order valence-corrected chi connectivity index (χ4v) is 3.47. The molecule has 1 aliphatic heterocycles. The highest BCUT2D eigenvalue weighted by atomic mass is 32.2. The van der Waals surface area contributed by atoms with Crippen LogP contribution in [0.5, 0.6) is 11.5 Å². The standard InChI is InChI=1S/C17H19N3O6S/c21-17(13-2-1-11-25-12-13)20(22)19-27(23,24)16-5-3-14(4-6-16)26-15-7-9-18-10-8-15/h3-10,13,19,22H,1-2,11-12H2. The van der Waals surface area contributed by atoms with Gasteiger partial charge in [0.1, 0.15) is 11.5 Å². The van der Waals surface area contributed by atoms with Gasteiger partial charge in [0.2, 0.25) is 0 Å². The van der Waals surface area contributed by atoms with E-state index in [1.807, 2.05) is 4.83 Å². The third-order valence-corrected chi connectivity index (χ3v) is 5.25. The third kappa shape index (κ3) is 5.01. The lowest BCUT2D eigenvalue weighted by molar-refractivity contribution is -0.181. The lowest BCUT2D eigenvalue weighted by Crippen LogP contribution is -2.47. The van der Waals surface area contributed by atoms with Gasteiger partial charge in [-0.15, -0.1) is 5.17 Å². The monoisotopic (exact) mass is 393 g/mol. The van der Waals surface area contributed by atoms with Crippen LogP contribution in [0.3, 0.4) is 0 Å². The molecule has 0 bridgehead atoms. The van der Waals surface area contributed by atoms with Gasteiger partial charge in [-0.3, -0.25) is 15.0 Å². The van der Waals surface area contributed by atoms with E-state index in [-0.39, 0.29) is 16.7 Å². The van der Waals surface area contributed by atoms with Crippen molar-refractivity contribution in [1.29, 1.82) is 0 Å². The first-order chi connectivity index (χ1) is 13.0. The Bertz CT molecular complexity index is 867. The lowest BCUT2D eigenvalue weighted by Gasteiger charge is -2.24. The van der Waals surface area contributed by atoms with Crippen LogP contribution >= 0.6 is 0 Å². The number of hydrazine groups is 1. The van der Waals surface area contributed by atoms with Crippen molar-refractivity contribution in [3.63, 3.8) is 0 Å². The molecule has 1 unspecified atom stereocenters. The number of carbonyl (C=O) groups is 1. The molecule has 1 amide bonds. The quantitative estimate of drug-likeness (QED) is 0.566. The molecule has 1 atom stereocenters. The Morgan fingerprint density at radius 2 is 1.85 bits per heavy atom. The predicted molar refractivity (Wildman–Crippen MR) is 93.3 cm³/mol. The molecule has 0 aliphatic carbocycles. The van der Waals surface area contributed by atoms with Gasteiger partial charge in [-0.1, -0.05) is 4.83 Å². The number of amides is 1. The Labute approximate surface area is 156 Å². The summed E-state index contributed by atoms with van der Waals surface area (Å²) in [6.45, 7) is 0.702. The number of hydrogen-bond donors (Lipinski definition) is 2. The number of aromatic nitrogens is 1. The smallest absolute Gasteiger partial charge is 0.267 e. The van der Waals surface area contributed by atoms with Gasteiger partial charge in [0.05, 0.1) is 17.4 Å². The van der Waals surface area contributed by atoms with E-state index in [0.29, 0.717) is 30.9 Å². The minimum atomic E-state index is -4.13. The lowest BCUT2D eigenvalue weighted by atomic mass is 10.0. The summed E-state index contributed by atoms with van der Waals surface area (Å²) in [6, 6.07) is 8.87. The van der Waals surface area contributed by atoms with Gasteiger partial charge in [0, 0.05) is 19.0 Å². The van der Waals surface area contributed by atoms with Crippen molar-refractivity contribution >= 4 is 15.9 Å². The largest absolute Gasteiger partial charge is 0.457 e. The second-order valence-corrected chi connectivity index (χ2v) is 7.58. The number of carbonyl (C=O) groups excluding carboxylic acids is 1. The fraction of sp³-hybridized carbons (Fsp3) is 0.294. The first-order valence-electron chi connectivity index (χ1n) is 8.27. The van der Waals surface area contributed by atoms with Crippen LogP contribution in [0.2, 0.25) is 0 Å². The molecule has 1 aliphatic rings. The molecule has 0 spiro atoms. The van der Waals surface area contributed by atoms with Crippen LogP contribution in [0.25, 0.3) is 0 Å². The second-order valence-electron chi connectivity index (χ2n) is 5.92. The van der Waals surface area contributed by atoms with E-state index in [4.69, 9.17) is 9.47 Å². The Balaban J connectivity index is 1.64. The average Bonchev–Trinajstić information content (AvgIpc) is 2.69. The zero-order valence-corrected chi connectivity index (χ0v) is 15.1. The van der Waals surface area contributed by atoms with Gasteiger partial charge < -0.3 is 9.47 Å². The van der Waals surface area contributed by atoms with Crippen molar-refractivity contribution < 1.29 is 27.9 Å². The van der Waals surface area contributed by atoms with E-state index in [2.05, 4.69) is 4.98 Å². The van der Waals surface area contributed by atoms with Crippen LogP contribution in [0, 0.1) is 5.92 Å². The molecule has 1 aromatic carbocycles. The Kier molecular flexibility index (Phi) is 6.01. The number of hydrogen-bond acceptors (Lipinski definition) is 7. The van der Waals surface area contributed by atoms with E-state index >= 15 is 0 Å². The highest BCUT2D eigenvalue weighted by Crippen LogP contribution is 2.22. The molecule has 27 heavy (non-hydrogen) atoms. The number of sulfonamides is 1. The molecular weight excluding hydrogens is 374 g/mol. The first kappa shape index (κ1) is 19.2. The van der Waals surface area contributed by atoms with Gasteiger partial charge in [0.25, 0.3) is 15.9 Å². The van der Waals surface area contributed by atoms with Gasteiger partial charge in [0.15, 0.2) is 0 Å². The van der Waals surface area contributed by atoms with Crippen LogP contribution in [0.4, 0.5) is 0 Å². The molecule has 10 heteroatoms. The minimum Gasteiger partial charge on any atom is -0.457 e. The van der Waals surface area contributed by atoms with Crippen molar-refractivity contribution in [1.82, 2.24) is 15.0 Å². The van der Waals surface area contributed by atoms with Gasteiger partial charge in [-0.05, 0) is 49.2 Å². The Hall–Kier alpha value is -2.53. The highest BCUT2D eigenvalue weighted by molar-refractivity contribution is 7.89. The molecule has 2 aromatic rings. The average molecular weight is 393 g/mol. The number of nitrogens with zero attached hydrogens (tertiary/aromatic N) is 2. The fourth-order valence-electron chi connectivity index (χ4n) is 2.55. The van der Waals surface area contributed by atoms with Gasteiger partial charge in [-0.2, -0.15) is 0 Å². The molecule has 1 saturated heterocycles. The summed E-state index contributed by atoms with van der Waals surface area (Å²) in [7, 11) is -4.13. The van der Waals surface area contributed by atoms with Crippen molar-refractivity contribution in [3.05, 3.63) is 48.8 Å². The third-order valence-electron chi connectivity index (χ3n) is 3.94. The van der Waals surface area contributed by atoms with E-state index in [1.54, 1.807) is 24.5 Å². The summed E-state index contributed by atoms with van der Waals surface area (Å²) in [5.41, 5.74) is 0. The zero-order valence-electron chi connectivity index (χ0n) is 14.3. The SMILES string of the molecule is O=C(C1CCCOC1)N(O)NS(=O)(=O)c1ccc(Oc2ccncc2)cc1. The van der Waals surface area contributed by atoms with E-state index < -0.39 is 21.8 Å². The van der Waals surface area contributed by atoms with E-state index in [1.165, 1.54) is 24.3 Å². The minimum absolute atomic E-state index is 0.00998. The summed E-state index contributed by atoms with van der Waals surface area (Å²) in [6.07, 6.45) is 4.35. The number of hydroxylamine groups is 1. The van der Waals surface area contributed by atoms with Gasteiger partial charge >= 0.3 is 0 Å². The Morgan fingerprint density at radius 3 is 2.48 bits per heavy atom. The summed E-state index contributed by atoms with van der Waals surface area (Å²) < 4.78 is 35.4. The normalized spacial score (nSPS) is 17.3. The molecule has 0 saturated carbocycles. The number of nitrogens with one attached hydrogen (secondary N) is 1. The number of ether oxygens (including phenoxy) is 2. The molecule has 3 rings (SSSR count). The van der Waals surface area contributed by atoms with E-state index in [0.717, 1.165) is 0 Å². The molecule has 1 fully saturated rings. The highest BCUT2D eigenvalue weighted by Gasteiger charge is 2.29. The summed E-state index contributed by atoms with van der Waals surface area (Å²) in [5.74, 6) is -0.351. The summed E-state index contributed by atoms with van der Waals surface area (Å²) >= 11 is 0. The van der Waals surface area contributed by atoms with Crippen molar-refractivity contribution in [2.24, 2.45) is 5.92 Å². The molecule has 2 heterocycles. The number of benzene rings is 1. The molecular formula is C17H19N3O6S. The maximum Gasteiger partial charge on any atom is 0.267 e. The molecule has 9 nitrogen and oxygen atoms in total. The van der Waals surface area contributed by atoms with Crippen LogP contribution in [-0.4, -0.2) is 42.9 Å². The first-order valence-corrected chi connectivity index (χ1v) is 9.75. The second kappa shape index (κ2) is 8.44. The molecule has 144 valence electrons. The maximum absolute atomic E-state index is 12.4. The van der Waals surface area contributed by atoms with Crippen LogP contribution in [-0.2, 0) is 19.6 Å². The van der Waals surface area contributed by atoms with Crippen molar-refractivity contribution in [2.75, 3.05) is 13.2 Å². The van der Waals surface area contributed by atoms with Crippen molar-refractivity contribution in [2.45, 2.75) is 17.7 Å². The summed E-state index contributed by atoms with van der Waals surface area (Å²) in [4.78, 5) is 17.7. The molecule has 2 N–H and O–H groups in total. The molecule has 0 radical (unpaired) electrons. The van der Waals surface area contributed by atoms with E-state index in [9.17, 15) is 18.4 Å².